The van der Waals surface area contributed by atoms with Gasteiger partial charge in [0.15, 0.2) is 5.13 Å². The van der Waals surface area contributed by atoms with E-state index in [1.54, 1.807) is 31.4 Å². The number of hydrogen-bond donors (Lipinski definition) is 0. The van der Waals surface area contributed by atoms with Crippen LogP contribution in [0.2, 0.25) is 0 Å². The van der Waals surface area contributed by atoms with Crippen LogP contribution >= 0.6 is 11.3 Å². The molecule has 1 amide bonds. The van der Waals surface area contributed by atoms with E-state index in [0.717, 1.165) is 10.2 Å². The van der Waals surface area contributed by atoms with Gasteiger partial charge in [-0.3, -0.25) is 9.69 Å². The molecule has 0 bridgehead atoms. The van der Waals surface area contributed by atoms with Crippen LogP contribution in [0, 0.1) is 0 Å². The number of amides is 1. The summed E-state index contributed by atoms with van der Waals surface area (Å²) in [4.78, 5) is 20.3. The lowest BCUT2D eigenvalue weighted by Gasteiger charge is -2.28. The van der Waals surface area contributed by atoms with Crippen molar-refractivity contribution < 1.29 is 27.1 Å². The highest BCUT2D eigenvalue weighted by Gasteiger charge is 2.42. The van der Waals surface area contributed by atoms with E-state index >= 15 is 0 Å². The minimum absolute atomic E-state index is 0.118. The second-order valence-electron chi connectivity index (χ2n) is 8.28. The summed E-state index contributed by atoms with van der Waals surface area (Å²) in [6.07, 6.45) is 2.54. The maximum atomic E-state index is 14.0. The van der Waals surface area contributed by atoms with Gasteiger partial charge >= 0.3 is 0 Å². The van der Waals surface area contributed by atoms with Gasteiger partial charge in [-0.05, 0) is 67.4 Å². The molecule has 1 atom stereocenters. The molecule has 2 aromatic heterocycles. The third-order valence-electron chi connectivity index (χ3n) is 6.13. The standard InChI is InChI=1S/C25H25N3O6S2/c1-32-17-7-10-20(11-8-17)36(30,31)28-13-3-6-22(28)24(29)27(16-19-5-4-14-34-19)25-26-21-12-9-18(33-2)15-23(21)35-25/h4-5,7-12,14-15,22H,3,6,13,16H2,1-2H3. The molecule has 3 heterocycles. The van der Waals surface area contributed by atoms with Gasteiger partial charge in [0.05, 0.1) is 42.1 Å². The van der Waals surface area contributed by atoms with Crippen LogP contribution in [0.25, 0.3) is 10.2 Å². The van der Waals surface area contributed by atoms with Crippen LogP contribution in [0.3, 0.4) is 0 Å². The highest BCUT2D eigenvalue weighted by molar-refractivity contribution is 7.89. The van der Waals surface area contributed by atoms with E-state index in [1.165, 1.54) is 46.0 Å². The number of ether oxygens (including phenoxy) is 2. The number of rotatable bonds is 8. The normalized spacial score (nSPS) is 16.3. The summed E-state index contributed by atoms with van der Waals surface area (Å²) < 4.78 is 45.1. The molecule has 0 N–H and O–H groups in total. The van der Waals surface area contributed by atoms with E-state index in [9.17, 15) is 13.2 Å². The molecule has 1 saturated heterocycles. The molecule has 1 aliphatic rings. The highest BCUT2D eigenvalue weighted by atomic mass is 32.2. The molecule has 1 fully saturated rings. The smallest absolute Gasteiger partial charge is 0.247 e. The summed E-state index contributed by atoms with van der Waals surface area (Å²) in [7, 11) is -0.787. The number of hydrogen-bond acceptors (Lipinski definition) is 8. The number of sulfonamides is 1. The quantitative estimate of drug-likeness (QED) is 0.337. The van der Waals surface area contributed by atoms with Crippen LogP contribution in [-0.2, 0) is 21.4 Å². The SMILES string of the molecule is COc1ccc(S(=O)(=O)N2CCCC2C(=O)N(Cc2ccco2)c2nc3ccc(OC)cc3s2)cc1. The van der Waals surface area contributed by atoms with Crippen molar-refractivity contribution in [2.45, 2.75) is 30.3 Å². The van der Waals surface area contributed by atoms with Gasteiger partial charge in [-0.2, -0.15) is 4.31 Å². The van der Waals surface area contributed by atoms with E-state index in [1.807, 2.05) is 18.2 Å². The Hall–Kier alpha value is -3.41. The van der Waals surface area contributed by atoms with Crippen molar-refractivity contribution in [1.29, 1.82) is 0 Å². The van der Waals surface area contributed by atoms with Gasteiger partial charge in [0.2, 0.25) is 15.9 Å². The Morgan fingerprint density at radius 1 is 1.14 bits per heavy atom. The van der Waals surface area contributed by atoms with E-state index in [2.05, 4.69) is 4.98 Å². The fourth-order valence-electron chi connectivity index (χ4n) is 4.27. The summed E-state index contributed by atoms with van der Waals surface area (Å²) in [6, 6.07) is 14.4. The number of carbonyl (C=O) groups is 1. The Labute approximate surface area is 212 Å². The van der Waals surface area contributed by atoms with Crippen molar-refractivity contribution in [2.24, 2.45) is 0 Å². The lowest BCUT2D eigenvalue weighted by Crippen LogP contribution is -2.47. The van der Waals surface area contributed by atoms with Gasteiger partial charge in [0, 0.05) is 6.54 Å². The van der Waals surface area contributed by atoms with Gasteiger partial charge in [0.1, 0.15) is 23.3 Å². The zero-order valence-electron chi connectivity index (χ0n) is 19.8. The van der Waals surface area contributed by atoms with Crippen molar-refractivity contribution in [3.63, 3.8) is 0 Å². The van der Waals surface area contributed by atoms with Crippen LogP contribution in [0.5, 0.6) is 11.5 Å². The maximum Gasteiger partial charge on any atom is 0.247 e. The van der Waals surface area contributed by atoms with Gasteiger partial charge in [-0.15, -0.1) is 0 Å². The molecule has 4 aromatic rings. The number of methoxy groups -OCH3 is 2. The Morgan fingerprint density at radius 3 is 2.58 bits per heavy atom. The fourth-order valence-corrected chi connectivity index (χ4v) is 6.92. The fraction of sp³-hybridized carbons (Fsp3) is 0.280. The Morgan fingerprint density at radius 2 is 1.89 bits per heavy atom. The molecule has 9 nitrogen and oxygen atoms in total. The number of aromatic nitrogens is 1. The zero-order valence-corrected chi connectivity index (χ0v) is 21.4. The minimum atomic E-state index is -3.90. The molecule has 36 heavy (non-hydrogen) atoms. The summed E-state index contributed by atoms with van der Waals surface area (Å²) in [5.41, 5.74) is 0.724. The molecule has 0 aliphatic carbocycles. The van der Waals surface area contributed by atoms with Crippen molar-refractivity contribution in [3.05, 3.63) is 66.6 Å². The van der Waals surface area contributed by atoms with Crippen molar-refractivity contribution >= 4 is 42.6 Å². The maximum absolute atomic E-state index is 14.0. The van der Waals surface area contributed by atoms with Crippen LogP contribution < -0.4 is 14.4 Å². The molecular weight excluding hydrogens is 502 g/mol. The summed E-state index contributed by atoms with van der Waals surface area (Å²) in [5, 5.41) is 0.466. The first-order valence-electron chi connectivity index (χ1n) is 11.3. The second kappa shape index (κ2) is 9.92. The molecule has 1 unspecified atom stereocenters. The van der Waals surface area contributed by atoms with E-state index in [-0.39, 0.29) is 23.9 Å². The molecule has 0 saturated carbocycles. The van der Waals surface area contributed by atoms with E-state index < -0.39 is 16.1 Å². The monoisotopic (exact) mass is 527 g/mol. The average molecular weight is 528 g/mol. The molecule has 0 spiro atoms. The number of benzene rings is 2. The first-order valence-corrected chi connectivity index (χ1v) is 13.6. The van der Waals surface area contributed by atoms with Crippen LogP contribution in [-0.4, -0.2) is 50.4 Å². The number of nitrogens with zero attached hydrogens (tertiary/aromatic N) is 3. The summed E-state index contributed by atoms with van der Waals surface area (Å²) >= 11 is 1.34. The zero-order chi connectivity index (χ0) is 25.3. The van der Waals surface area contributed by atoms with Gasteiger partial charge < -0.3 is 13.9 Å². The van der Waals surface area contributed by atoms with Crippen molar-refractivity contribution in [1.82, 2.24) is 9.29 Å². The van der Waals surface area contributed by atoms with Crippen LogP contribution in [0.4, 0.5) is 5.13 Å². The predicted octanol–water partition coefficient (Wildman–Crippen LogP) is 4.29. The van der Waals surface area contributed by atoms with E-state index in [4.69, 9.17) is 13.9 Å². The molecule has 2 aromatic carbocycles. The highest BCUT2D eigenvalue weighted by Crippen LogP contribution is 2.35. The molecular formula is C25H25N3O6S2. The van der Waals surface area contributed by atoms with Crippen LogP contribution in [0.1, 0.15) is 18.6 Å². The Kier molecular flexibility index (Phi) is 6.69. The van der Waals surface area contributed by atoms with Crippen molar-refractivity contribution in [3.8, 4) is 11.5 Å². The predicted molar refractivity (Wildman–Crippen MR) is 136 cm³/mol. The first kappa shape index (κ1) is 24.3. The van der Waals surface area contributed by atoms with Gasteiger partial charge in [-0.25, -0.2) is 13.4 Å². The molecule has 1 aliphatic heterocycles. The van der Waals surface area contributed by atoms with Crippen LogP contribution in [0.15, 0.2) is 70.2 Å². The lowest BCUT2D eigenvalue weighted by atomic mass is 10.2. The topological polar surface area (TPSA) is 102 Å². The average Bonchev–Trinajstić information content (AvgIpc) is 3.67. The third-order valence-corrected chi connectivity index (χ3v) is 9.09. The number of thiazole rings is 1. The first-order chi connectivity index (χ1) is 17.4. The van der Waals surface area contributed by atoms with E-state index in [0.29, 0.717) is 35.2 Å². The summed E-state index contributed by atoms with van der Waals surface area (Å²) in [5.74, 6) is 1.48. The number of anilines is 1. The largest absolute Gasteiger partial charge is 0.497 e. The Bertz CT molecular complexity index is 1470. The van der Waals surface area contributed by atoms with Gasteiger partial charge in [0.25, 0.3) is 0 Å². The molecule has 0 radical (unpaired) electrons. The summed E-state index contributed by atoms with van der Waals surface area (Å²) in [6.45, 7) is 0.395. The minimum Gasteiger partial charge on any atom is -0.497 e. The number of carbonyl (C=O) groups excluding carboxylic acids is 1. The molecule has 11 heteroatoms. The number of furan rings is 1. The van der Waals surface area contributed by atoms with Crippen molar-refractivity contribution in [2.75, 3.05) is 25.7 Å². The Balaban J connectivity index is 1.49. The second-order valence-corrected chi connectivity index (χ2v) is 11.2. The lowest BCUT2D eigenvalue weighted by molar-refractivity contribution is -0.121. The number of fused-ring (bicyclic) bond motifs is 1. The van der Waals surface area contributed by atoms with Gasteiger partial charge in [-0.1, -0.05) is 11.3 Å². The molecule has 188 valence electrons. The molecule has 5 rings (SSSR count). The third kappa shape index (κ3) is 4.57.